The Bertz CT molecular complexity index is 824. The highest BCUT2D eigenvalue weighted by Gasteiger charge is 2.17. The third-order valence-corrected chi connectivity index (χ3v) is 6.70. The molecule has 0 saturated heterocycles. The Morgan fingerprint density at radius 3 is 1.76 bits per heavy atom. The highest BCUT2D eigenvalue weighted by Crippen LogP contribution is 2.40. The molecule has 0 bridgehead atoms. The number of phosphoric ester groups is 1. The monoisotopic (exact) mass is 475 g/mol. The van der Waals surface area contributed by atoms with Crippen LogP contribution in [0, 0.1) is 0 Å². The Kier molecular flexibility index (Phi) is 12.0. The first-order valence-corrected chi connectivity index (χ1v) is 13.9. The highest BCUT2D eigenvalue weighted by atomic mass is 31.2. The maximum atomic E-state index is 12.1. The zero-order chi connectivity index (χ0) is 24.0. The average molecular weight is 476 g/mol. The van der Waals surface area contributed by atoms with Gasteiger partial charge in [0.15, 0.2) is 0 Å². The van der Waals surface area contributed by atoms with Crippen molar-refractivity contribution in [3.8, 4) is 11.5 Å². The van der Waals surface area contributed by atoms with Gasteiger partial charge in [-0.05, 0) is 49.2 Å². The van der Waals surface area contributed by atoms with Crippen molar-refractivity contribution in [3.63, 3.8) is 0 Å². The average Bonchev–Trinajstić information content (AvgIpc) is 2.76. The fourth-order valence-electron chi connectivity index (χ4n) is 4.01. The molecule has 0 amide bonds. The first-order chi connectivity index (χ1) is 15.8. The molecular weight excluding hydrogens is 433 g/mol. The van der Waals surface area contributed by atoms with Gasteiger partial charge < -0.3 is 18.4 Å². The molecule has 5 nitrogen and oxygen atoms in total. The van der Waals surface area contributed by atoms with Gasteiger partial charge in [0.25, 0.3) is 0 Å². The van der Waals surface area contributed by atoms with Crippen LogP contribution in [0.3, 0.4) is 0 Å². The number of rotatable bonds is 17. The maximum absolute atomic E-state index is 12.1. The minimum atomic E-state index is -4.48. The van der Waals surface area contributed by atoms with Gasteiger partial charge in [0.2, 0.25) is 0 Å². The Morgan fingerprint density at radius 2 is 1.21 bits per heavy atom. The summed E-state index contributed by atoms with van der Waals surface area (Å²) in [6.45, 7) is 4.29. The van der Waals surface area contributed by atoms with Crippen LogP contribution < -0.4 is 13.9 Å². The van der Waals surface area contributed by atoms with E-state index >= 15 is 0 Å². The van der Waals surface area contributed by atoms with Gasteiger partial charge in [-0.1, -0.05) is 76.5 Å². The van der Waals surface area contributed by atoms with Gasteiger partial charge in [-0.3, -0.25) is 0 Å². The lowest BCUT2D eigenvalue weighted by atomic mass is 10.1. The number of nitrogens with zero attached hydrogens (tertiary/aromatic N) is 1. The van der Waals surface area contributed by atoms with Crippen LogP contribution >= 0.6 is 7.82 Å². The lowest BCUT2D eigenvalue weighted by Crippen LogP contribution is -2.39. The molecular formula is C27H42NO4P. The molecule has 0 saturated carbocycles. The van der Waals surface area contributed by atoms with Gasteiger partial charge in [-0.2, -0.15) is 0 Å². The Labute approximate surface area is 201 Å². The fraction of sp³-hybridized carbons (Fsp3) is 0.556. The molecule has 0 aromatic heterocycles. The summed E-state index contributed by atoms with van der Waals surface area (Å²) in [4.78, 5) is 12.1. The summed E-state index contributed by atoms with van der Waals surface area (Å²) in [7, 11) is 0.0148. The summed E-state index contributed by atoms with van der Waals surface area (Å²) in [6.07, 6.45) is 13.5. The predicted octanol–water partition coefficient (Wildman–Crippen LogP) is 7.11. The van der Waals surface area contributed by atoms with Gasteiger partial charge in [-0.25, -0.2) is 4.57 Å². The Morgan fingerprint density at radius 1 is 0.727 bits per heavy atom. The van der Waals surface area contributed by atoms with E-state index in [1.165, 1.54) is 64.2 Å². The van der Waals surface area contributed by atoms with Gasteiger partial charge >= 0.3 is 7.82 Å². The molecule has 0 aliphatic heterocycles. The zero-order valence-corrected chi connectivity index (χ0v) is 21.6. The van der Waals surface area contributed by atoms with Crippen molar-refractivity contribution < 1.29 is 23.0 Å². The summed E-state index contributed by atoms with van der Waals surface area (Å²) in [5, 5.41) is 0. The lowest BCUT2D eigenvalue weighted by Gasteiger charge is -2.30. The Hall–Kier alpha value is -1.81. The molecule has 33 heavy (non-hydrogen) atoms. The molecule has 0 heterocycles. The van der Waals surface area contributed by atoms with Gasteiger partial charge in [0.1, 0.15) is 18.0 Å². The molecule has 0 radical (unpaired) electrons. The maximum Gasteiger partial charge on any atom is 0.372 e. The van der Waals surface area contributed by atoms with E-state index < -0.39 is 7.82 Å². The predicted molar refractivity (Wildman–Crippen MR) is 134 cm³/mol. The molecule has 1 atom stereocenters. The van der Waals surface area contributed by atoms with E-state index in [0.717, 1.165) is 23.1 Å². The summed E-state index contributed by atoms with van der Waals surface area (Å²) >= 11 is 0. The minimum absolute atomic E-state index is 0.235. The Balaban J connectivity index is 1.67. The fourth-order valence-corrected chi connectivity index (χ4v) is 4.81. The highest BCUT2D eigenvalue weighted by molar-refractivity contribution is 7.46. The van der Waals surface area contributed by atoms with E-state index in [-0.39, 0.29) is 11.5 Å². The molecule has 184 valence electrons. The van der Waals surface area contributed by atoms with Crippen LogP contribution in [-0.2, 0) is 11.1 Å². The van der Waals surface area contributed by atoms with Crippen molar-refractivity contribution in [3.05, 3.63) is 60.2 Å². The van der Waals surface area contributed by atoms with E-state index in [2.05, 4.69) is 21.0 Å². The second-order valence-corrected chi connectivity index (χ2v) is 10.8. The third-order valence-electron chi connectivity index (χ3n) is 5.83. The number of hydrogen-bond donors (Lipinski definition) is 0. The van der Waals surface area contributed by atoms with Crippen molar-refractivity contribution in [2.45, 2.75) is 77.7 Å². The number of benzene rings is 2. The molecule has 2 rings (SSSR count). The van der Waals surface area contributed by atoms with E-state index in [4.69, 9.17) is 9.05 Å². The van der Waals surface area contributed by atoms with E-state index in [1.807, 2.05) is 12.1 Å². The number of quaternary nitrogens is 1. The number of hydrogen-bond acceptors (Lipinski definition) is 4. The topological polar surface area (TPSA) is 58.6 Å². The lowest BCUT2D eigenvalue weighted by molar-refractivity contribution is -0.903. The van der Waals surface area contributed by atoms with Crippen molar-refractivity contribution >= 4 is 7.82 Å². The molecule has 1 unspecified atom stereocenters. The van der Waals surface area contributed by atoms with Gasteiger partial charge in [0.05, 0.1) is 20.6 Å². The second kappa shape index (κ2) is 14.5. The summed E-state index contributed by atoms with van der Waals surface area (Å²) < 4.78 is 23.1. The van der Waals surface area contributed by atoms with E-state index in [0.29, 0.717) is 0 Å². The first kappa shape index (κ1) is 27.4. The second-order valence-electron chi connectivity index (χ2n) is 9.59. The zero-order valence-electron chi connectivity index (χ0n) is 20.7. The molecule has 6 heteroatoms. The van der Waals surface area contributed by atoms with Crippen LogP contribution in [0.25, 0.3) is 0 Å². The summed E-state index contributed by atoms with van der Waals surface area (Å²) in [5.74, 6) is 0.492. The number of phosphoric acid groups is 1. The van der Waals surface area contributed by atoms with E-state index in [9.17, 15) is 9.46 Å². The molecule has 0 fully saturated rings. The number of para-hydroxylation sites is 1. The van der Waals surface area contributed by atoms with Gasteiger partial charge in [0, 0.05) is 5.56 Å². The largest absolute Gasteiger partial charge is 0.736 e. The normalized spacial score (nSPS) is 13.5. The minimum Gasteiger partial charge on any atom is -0.736 e. The molecule has 0 spiro atoms. The first-order valence-electron chi connectivity index (χ1n) is 12.5. The number of unbranched alkanes of at least 4 members (excludes halogenated alkanes) is 9. The van der Waals surface area contributed by atoms with E-state index in [1.54, 1.807) is 42.5 Å². The standard InChI is InChI=1S/C27H42NO4P/c1-4-5-6-7-8-9-10-11-12-16-23-28(2,3)24-25-19-21-27(22-20-25)32-33(29,30)31-26-17-14-13-15-18-26/h13-15,17-22H,4-12,16,23-24H2,1-3H3. The molecule has 0 aliphatic carbocycles. The SMILES string of the molecule is CCCCCCCCCCCC[N+](C)(C)Cc1ccc(OP(=O)([O-])Oc2ccccc2)cc1. The third kappa shape index (κ3) is 12.3. The van der Waals surface area contributed by atoms with Crippen LogP contribution in [0.5, 0.6) is 11.5 Å². The van der Waals surface area contributed by atoms with Crippen molar-refractivity contribution in [1.82, 2.24) is 0 Å². The van der Waals surface area contributed by atoms with Crippen LogP contribution in [0.15, 0.2) is 54.6 Å². The quantitative estimate of drug-likeness (QED) is 0.139. The molecule has 0 aliphatic rings. The van der Waals surface area contributed by atoms with Crippen molar-refractivity contribution in [2.75, 3.05) is 20.6 Å². The van der Waals surface area contributed by atoms with Crippen LogP contribution in [0.2, 0.25) is 0 Å². The van der Waals surface area contributed by atoms with Crippen molar-refractivity contribution in [1.29, 1.82) is 0 Å². The van der Waals surface area contributed by atoms with Gasteiger partial charge in [-0.15, -0.1) is 0 Å². The smallest absolute Gasteiger partial charge is 0.372 e. The molecule has 2 aromatic rings. The molecule has 2 aromatic carbocycles. The van der Waals surface area contributed by atoms with Crippen LogP contribution in [0.1, 0.15) is 76.7 Å². The van der Waals surface area contributed by atoms with Crippen LogP contribution in [0.4, 0.5) is 0 Å². The summed E-state index contributed by atoms with van der Waals surface area (Å²) in [6, 6.07) is 15.6. The van der Waals surface area contributed by atoms with Crippen LogP contribution in [-0.4, -0.2) is 25.1 Å². The van der Waals surface area contributed by atoms with Crippen molar-refractivity contribution in [2.24, 2.45) is 0 Å². The summed E-state index contributed by atoms with van der Waals surface area (Å²) in [5.41, 5.74) is 1.16. The molecule has 0 N–H and O–H groups in total.